The summed E-state index contributed by atoms with van der Waals surface area (Å²) in [5.41, 5.74) is 6.06. The van der Waals surface area contributed by atoms with Crippen LogP contribution < -0.4 is 5.73 Å². The Morgan fingerprint density at radius 2 is 2.12 bits per heavy atom. The minimum absolute atomic E-state index is 0.101. The van der Waals surface area contributed by atoms with Gasteiger partial charge in [-0.25, -0.2) is 4.98 Å². The Morgan fingerprint density at radius 3 is 2.71 bits per heavy atom. The fraction of sp³-hybridized carbons (Fsp3) is 0.273. The van der Waals surface area contributed by atoms with E-state index in [4.69, 9.17) is 5.73 Å². The summed E-state index contributed by atoms with van der Waals surface area (Å²) in [6.07, 6.45) is 1.53. The summed E-state index contributed by atoms with van der Waals surface area (Å²) in [5.74, 6) is 1.60. The number of benzene rings is 1. The fourth-order valence-electron chi connectivity index (χ4n) is 1.43. The van der Waals surface area contributed by atoms with E-state index in [0.717, 1.165) is 16.0 Å². The zero-order valence-corrected chi connectivity index (χ0v) is 11.8. The van der Waals surface area contributed by atoms with Crippen molar-refractivity contribution in [3.05, 3.63) is 40.9 Å². The van der Waals surface area contributed by atoms with Crippen LogP contribution in [0.15, 0.2) is 40.0 Å². The van der Waals surface area contributed by atoms with Crippen molar-refractivity contribution < 1.29 is 0 Å². The lowest BCUT2D eigenvalue weighted by Gasteiger charge is -2.10. The molecule has 90 valence electrons. The molecule has 0 aliphatic heterocycles. The van der Waals surface area contributed by atoms with Gasteiger partial charge in [-0.1, -0.05) is 15.9 Å². The minimum Gasteiger partial charge on any atom is -0.321 e. The van der Waals surface area contributed by atoms with Crippen molar-refractivity contribution in [3.63, 3.8) is 0 Å². The van der Waals surface area contributed by atoms with Gasteiger partial charge in [-0.3, -0.25) is 4.68 Å². The number of nitrogens with two attached hydrogens (primary N) is 1. The predicted octanol–water partition coefficient (Wildman–Crippen LogP) is 2.37. The van der Waals surface area contributed by atoms with Gasteiger partial charge in [0.1, 0.15) is 12.2 Å². The van der Waals surface area contributed by atoms with E-state index in [9.17, 15) is 0 Å². The molecule has 0 saturated heterocycles. The number of hydrogen-bond acceptors (Lipinski definition) is 4. The number of thioether (sulfide) groups is 1. The maximum absolute atomic E-state index is 6.06. The number of rotatable bonds is 4. The SMILES string of the molecule is Cn1ncnc1C(N)CSc1ccc(Br)cc1. The second kappa shape index (κ2) is 5.66. The number of halogens is 1. The summed E-state index contributed by atoms with van der Waals surface area (Å²) in [5, 5.41) is 4.01. The van der Waals surface area contributed by atoms with Gasteiger partial charge in [0.15, 0.2) is 0 Å². The molecule has 0 radical (unpaired) electrons. The van der Waals surface area contributed by atoms with Gasteiger partial charge in [0.25, 0.3) is 0 Å². The number of aromatic nitrogens is 3. The van der Waals surface area contributed by atoms with Gasteiger partial charge < -0.3 is 5.73 Å². The summed E-state index contributed by atoms with van der Waals surface area (Å²) in [6.45, 7) is 0. The molecule has 4 nitrogen and oxygen atoms in total. The average Bonchev–Trinajstić information content (AvgIpc) is 2.74. The topological polar surface area (TPSA) is 56.7 Å². The molecule has 0 aliphatic rings. The first-order chi connectivity index (χ1) is 8.16. The molecule has 1 aromatic carbocycles. The van der Waals surface area contributed by atoms with Crippen LogP contribution in [0.4, 0.5) is 0 Å². The molecule has 2 N–H and O–H groups in total. The lowest BCUT2D eigenvalue weighted by Crippen LogP contribution is -2.18. The third kappa shape index (κ3) is 3.31. The van der Waals surface area contributed by atoms with Crippen LogP contribution in [-0.4, -0.2) is 20.5 Å². The summed E-state index contributed by atoms with van der Waals surface area (Å²) in [6, 6.07) is 8.08. The second-order valence-electron chi connectivity index (χ2n) is 3.61. The molecule has 6 heteroatoms. The Labute approximate surface area is 113 Å². The highest BCUT2D eigenvalue weighted by molar-refractivity contribution is 9.10. The summed E-state index contributed by atoms with van der Waals surface area (Å²) in [4.78, 5) is 5.35. The third-order valence-electron chi connectivity index (χ3n) is 2.32. The summed E-state index contributed by atoms with van der Waals surface area (Å²) >= 11 is 5.13. The molecule has 0 amide bonds. The van der Waals surface area contributed by atoms with E-state index < -0.39 is 0 Å². The number of hydrogen-bond donors (Lipinski definition) is 1. The first-order valence-corrected chi connectivity index (χ1v) is 6.92. The van der Waals surface area contributed by atoms with E-state index in [1.165, 1.54) is 11.2 Å². The minimum atomic E-state index is -0.101. The van der Waals surface area contributed by atoms with E-state index in [2.05, 4.69) is 38.1 Å². The highest BCUT2D eigenvalue weighted by atomic mass is 79.9. The molecule has 17 heavy (non-hydrogen) atoms. The molecular formula is C11H13BrN4S. The lowest BCUT2D eigenvalue weighted by molar-refractivity contribution is 0.644. The monoisotopic (exact) mass is 312 g/mol. The van der Waals surface area contributed by atoms with Gasteiger partial charge in [0, 0.05) is 22.2 Å². The lowest BCUT2D eigenvalue weighted by atomic mass is 10.3. The van der Waals surface area contributed by atoms with Gasteiger partial charge >= 0.3 is 0 Å². The van der Waals surface area contributed by atoms with Crippen LogP contribution in [0.5, 0.6) is 0 Å². The van der Waals surface area contributed by atoms with Crippen molar-refractivity contribution in [1.29, 1.82) is 0 Å². The zero-order chi connectivity index (χ0) is 12.3. The standard InChI is InChI=1S/C11H13BrN4S/c1-16-11(14-7-15-16)10(13)6-17-9-4-2-8(12)3-5-9/h2-5,7,10H,6,13H2,1H3. The van der Waals surface area contributed by atoms with E-state index in [1.54, 1.807) is 16.4 Å². The normalized spacial score (nSPS) is 12.6. The van der Waals surface area contributed by atoms with Gasteiger partial charge in [-0.15, -0.1) is 11.8 Å². The van der Waals surface area contributed by atoms with E-state index >= 15 is 0 Å². The molecule has 1 atom stereocenters. The zero-order valence-electron chi connectivity index (χ0n) is 9.38. The molecule has 2 aromatic rings. The molecule has 0 aliphatic carbocycles. The van der Waals surface area contributed by atoms with E-state index in [0.29, 0.717) is 0 Å². The van der Waals surface area contributed by atoms with Crippen LogP contribution in [0.1, 0.15) is 11.9 Å². The Hall–Kier alpha value is -0.850. The van der Waals surface area contributed by atoms with Crippen LogP contribution in [0, 0.1) is 0 Å². The fourth-order valence-corrected chi connectivity index (χ4v) is 2.55. The van der Waals surface area contributed by atoms with Crippen LogP contribution in [0.3, 0.4) is 0 Å². The molecule has 2 rings (SSSR count). The largest absolute Gasteiger partial charge is 0.321 e. The van der Waals surface area contributed by atoms with Gasteiger partial charge in [0.05, 0.1) is 6.04 Å². The second-order valence-corrected chi connectivity index (χ2v) is 5.62. The Kier molecular flexibility index (Phi) is 4.20. The first-order valence-electron chi connectivity index (χ1n) is 5.14. The van der Waals surface area contributed by atoms with E-state index in [-0.39, 0.29) is 6.04 Å². The Balaban J connectivity index is 1.94. The highest BCUT2D eigenvalue weighted by Gasteiger charge is 2.11. The van der Waals surface area contributed by atoms with Gasteiger partial charge in [0.2, 0.25) is 0 Å². The van der Waals surface area contributed by atoms with Crippen molar-refractivity contribution in [2.45, 2.75) is 10.9 Å². The van der Waals surface area contributed by atoms with Crippen LogP contribution >= 0.6 is 27.7 Å². The van der Waals surface area contributed by atoms with Crippen molar-refractivity contribution >= 4 is 27.7 Å². The van der Waals surface area contributed by atoms with Gasteiger partial charge in [-0.05, 0) is 24.3 Å². The summed E-state index contributed by atoms with van der Waals surface area (Å²) in [7, 11) is 1.85. The third-order valence-corrected chi connectivity index (χ3v) is 3.98. The van der Waals surface area contributed by atoms with Crippen LogP contribution in [0.2, 0.25) is 0 Å². The smallest absolute Gasteiger partial charge is 0.144 e. The quantitative estimate of drug-likeness (QED) is 0.881. The first kappa shape index (κ1) is 12.6. The average molecular weight is 313 g/mol. The van der Waals surface area contributed by atoms with Crippen molar-refractivity contribution in [1.82, 2.24) is 14.8 Å². The molecule has 0 saturated carbocycles. The Morgan fingerprint density at radius 1 is 1.41 bits per heavy atom. The van der Waals surface area contributed by atoms with Crippen molar-refractivity contribution in [3.8, 4) is 0 Å². The predicted molar refractivity (Wildman–Crippen MR) is 72.8 cm³/mol. The maximum Gasteiger partial charge on any atom is 0.144 e. The maximum atomic E-state index is 6.06. The summed E-state index contributed by atoms with van der Waals surface area (Å²) < 4.78 is 2.80. The van der Waals surface area contributed by atoms with Gasteiger partial charge in [-0.2, -0.15) is 5.10 Å². The Bertz CT molecular complexity index is 482. The molecular weight excluding hydrogens is 300 g/mol. The van der Waals surface area contributed by atoms with E-state index in [1.807, 2.05) is 19.2 Å². The molecule has 0 fully saturated rings. The highest BCUT2D eigenvalue weighted by Crippen LogP contribution is 2.23. The number of aryl methyl sites for hydroxylation is 1. The molecule has 1 aromatic heterocycles. The van der Waals surface area contributed by atoms with Crippen molar-refractivity contribution in [2.75, 3.05) is 5.75 Å². The molecule has 1 heterocycles. The van der Waals surface area contributed by atoms with Crippen LogP contribution in [-0.2, 0) is 7.05 Å². The van der Waals surface area contributed by atoms with Crippen molar-refractivity contribution in [2.24, 2.45) is 12.8 Å². The molecule has 0 bridgehead atoms. The number of nitrogens with zero attached hydrogens (tertiary/aromatic N) is 3. The molecule has 0 spiro atoms. The molecule has 1 unspecified atom stereocenters. The van der Waals surface area contributed by atoms with Crippen LogP contribution in [0.25, 0.3) is 0 Å².